The highest BCUT2D eigenvalue weighted by molar-refractivity contribution is 5.93. The fraction of sp³-hybridized carbons (Fsp3) is 0.500. The third-order valence-electron chi connectivity index (χ3n) is 2.76. The quantitative estimate of drug-likeness (QED) is 0.780. The Morgan fingerprint density at radius 1 is 1.47 bits per heavy atom. The minimum absolute atomic E-state index is 0.0586. The maximum atomic E-state index is 11.9. The largest absolute Gasteiger partial charge is 0.495 e. The van der Waals surface area contributed by atoms with Crippen molar-refractivity contribution in [2.45, 2.75) is 19.4 Å². The van der Waals surface area contributed by atoms with Crippen molar-refractivity contribution in [3.63, 3.8) is 0 Å². The lowest BCUT2D eigenvalue weighted by Gasteiger charge is -2.17. The Morgan fingerprint density at radius 3 is 2.79 bits per heavy atom. The van der Waals surface area contributed by atoms with E-state index in [9.17, 15) is 4.79 Å². The number of para-hydroxylation sites is 2. The van der Waals surface area contributed by atoms with Crippen LogP contribution in [-0.4, -0.2) is 44.1 Å². The van der Waals surface area contributed by atoms with Crippen molar-refractivity contribution in [3.8, 4) is 5.75 Å². The van der Waals surface area contributed by atoms with E-state index in [1.165, 1.54) is 0 Å². The minimum Gasteiger partial charge on any atom is -0.495 e. The van der Waals surface area contributed by atoms with E-state index in [0.717, 1.165) is 13.0 Å². The molecule has 106 valence electrons. The molecule has 1 atom stereocenters. The van der Waals surface area contributed by atoms with E-state index in [2.05, 4.69) is 5.32 Å². The topological polar surface area (TPSA) is 67.6 Å². The summed E-state index contributed by atoms with van der Waals surface area (Å²) in [6.07, 6.45) is 0.873. The van der Waals surface area contributed by atoms with Crippen LogP contribution in [0.4, 0.5) is 5.69 Å². The third kappa shape index (κ3) is 5.72. The predicted octanol–water partition coefficient (Wildman–Crippen LogP) is 1.30. The summed E-state index contributed by atoms with van der Waals surface area (Å²) in [7, 11) is 3.49. The highest BCUT2D eigenvalue weighted by atomic mass is 16.5. The number of likely N-dealkylation sites (N-methyl/N-ethyl adjacent to an activating group) is 1. The molecule has 0 heterocycles. The van der Waals surface area contributed by atoms with Crippen LogP contribution < -0.4 is 15.8 Å². The highest BCUT2D eigenvalue weighted by Crippen LogP contribution is 2.22. The first-order valence-corrected chi connectivity index (χ1v) is 6.40. The van der Waals surface area contributed by atoms with Crippen molar-refractivity contribution in [1.82, 2.24) is 4.90 Å². The molecule has 0 saturated heterocycles. The number of hydrogen-bond donors (Lipinski definition) is 2. The van der Waals surface area contributed by atoms with Gasteiger partial charge in [0.2, 0.25) is 5.91 Å². The summed E-state index contributed by atoms with van der Waals surface area (Å²) in [5.74, 6) is 0.603. The number of amides is 1. The normalized spacial score (nSPS) is 12.3. The summed E-state index contributed by atoms with van der Waals surface area (Å²) in [4.78, 5) is 13.8. The van der Waals surface area contributed by atoms with Gasteiger partial charge < -0.3 is 15.8 Å². The average Bonchev–Trinajstić information content (AvgIpc) is 2.37. The molecule has 0 bridgehead atoms. The van der Waals surface area contributed by atoms with Gasteiger partial charge in [-0.25, -0.2) is 0 Å². The van der Waals surface area contributed by atoms with Crippen molar-refractivity contribution in [2.24, 2.45) is 5.73 Å². The maximum Gasteiger partial charge on any atom is 0.238 e. The molecule has 1 aromatic carbocycles. The standard InChI is InChI=1S/C14H23N3O2/c1-11(15)8-9-17(2)10-14(18)16-12-6-4-5-7-13(12)19-3/h4-7,11H,8-10,15H2,1-3H3,(H,16,18). The van der Waals surface area contributed by atoms with Crippen molar-refractivity contribution in [1.29, 1.82) is 0 Å². The number of hydrogen-bond acceptors (Lipinski definition) is 4. The van der Waals surface area contributed by atoms with E-state index in [1.54, 1.807) is 7.11 Å². The second-order valence-electron chi connectivity index (χ2n) is 4.75. The highest BCUT2D eigenvalue weighted by Gasteiger charge is 2.09. The van der Waals surface area contributed by atoms with Crippen molar-refractivity contribution in [2.75, 3.05) is 32.6 Å². The van der Waals surface area contributed by atoms with Crippen LogP contribution in [0.5, 0.6) is 5.75 Å². The number of nitrogens with two attached hydrogens (primary N) is 1. The van der Waals surface area contributed by atoms with Gasteiger partial charge in [-0.1, -0.05) is 12.1 Å². The number of carbonyl (C=O) groups excluding carboxylic acids is 1. The molecule has 0 aliphatic carbocycles. The second kappa shape index (κ2) is 7.76. The second-order valence-corrected chi connectivity index (χ2v) is 4.75. The molecule has 3 N–H and O–H groups in total. The Bertz CT molecular complexity index is 407. The first kappa shape index (κ1) is 15.5. The summed E-state index contributed by atoms with van der Waals surface area (Å²) in [5, 5.41) is 2.84. The summed E-state index contributed by atoms with van der Waals surface area (Å²) in [6.45, 7) is 3.10. The molecule has 0 aliphatic heterocycles. The van der Waals surface area contributed by atoms with E-state index in [0.29, 0.717) is 18.0 Å². The molecule has 5 nitrogen and oxygen atoms in total. The molecule has 0 aromatic heterocycles. The zero-order valence-corrected chi connectivity index (χ0v) is 11.8. The van der Waals surface area contributed by atoms with Gasteiger partial charge in [0.15, 0.2) is 0 Å². The van der Waals surface area contributed by atoms with E-state index in [4.69, 9.17) is 10.5 Å². The summed E-state index contributed by atoms with van der Waals surface area (Å²) in [6, 6.07) is 7.51. The van der Waals surface area contributed by atoms with Gasteiger partial charge in [0.25, 0.3) is 0 Å². The van der Waals surface area contributed by atoms with E-state index >= 15 is 0 Å². The Labute approximate surface area is 114 Å². The fourth-order valence-corrected chi connectivity index (χ4v) is 1.69. The zero-order valence-electron chi connectivity index (χ0n) is 11.8. The van der Waals surface area contributed by atoms with Crippen LogP contribution in [0, 0.1) is 0 Å². The lowest BCUT2D eigenvalue weighted by molar-refractivity contribution is -0.117. The summed E-state index contributed by atoms with van der Waals surface area (Å²) >= 11 is 0. The van der Waals surface area contributed by atoms with Gasteiger partial charge >= 0.3 is 0 Å². The zero-order chi connectivity index (χ0) is 14.3. The number of nitrogens with zero attached hydrogens (tertiary/aromatic N) is 1. The van der Waals surface area contributed by atoms with E-state index < -0.39 is 0 Å². The van der Waals surface area contributed by atoms with Crippen LogP contribution in [0.1, 0.15) is 13.3 Å². The molecular weight excluding hydrogens is 242 g/mol. The molecule has 0 radical (unpaired) electrons. The lowest BCUT2D eigenvalue weighted by atomic mass is 10.2. The molecule has 19 heavy (non-hydrogen) atoms. The van der Waals surface area contributed by atoms with E-state index in [-0.39, 0.29) is 11.9 Å². The molecular formula is C14H23N3O2. The van der Waals surface area contributed by atoms with Gasteiger partial charge in [-0.3, -0.25) is 9.69 Å². The van der Waals surface area contributed by atoms with Gasteiger partial charge in [-0.2, -0.15) is 0 Å². The van der Waals surface area contributed by atoms with Crippen molar-refractivity contribution >= 4 is 11.6 Å². The van der Waals surface area contributed by atoms with Gasteiger partial charge in [0.05, 0.1) is 19.3 Å². The first-order valence-electron chi connectivity index (χ1n) is 6.40. The monoisotopic (exact) mass is 265 g/mol. The number of methoxy groups -OCH3 is 1. The lowest BCUT2D eigenvalue weighted by Crippen LogP contribution is -2.33. The summed E-state index contributed by atoms with van der Waals surface area (Å²) in [5.41, 5.74) is 6.38. The molecule has 1 amide bonds. The molecule has 0 fully saturated rings. The smallest absolute Gasteiger partial charge is 0.238 e. The number of anilines is 1. The van der Waals surface area contributed by atoms with Crippen LogP contribution in [0.25, 0.3) is 0 Å². The first-order chi connectivity index (χ1) is 9.02. The SMILES string of the molecule is COc1ccccc1NC(=O)CN(C)CCC(C)N. The fourth-order valence-electron chi connectivity index (χ4n) is 1.69. The molecule has 1 unspecified atom stereocenters. The van der Waals surface area contributed by atoms with Crippen LogP contribution in [0.2, 0.25) is 0 Å². The van der Waals surface area contributed by atoms with Gasteiger partial charge in [-0.05, 0) is 39.1 Å². The number of rotatable bonds is 7. The maximum absolute atomic E-state index is 11.9. The minimum atomic E-state index is -0.0586. The van der Waals surface area contributed by atoms with Crippen LogP contribution >= 0.6 is 0 Å². The number of benzene rings is 1. The van der Waals surface area contributed by atoms with Gasteiger partial charge in [0.1, 0.15) is 5.75 Å². The Kier molecular flexibility index (Phi) is 6.32. The van der Waals surface area contributed by atoms with Crippen LogP contribution in [0.15, 0.2) is 24.3 Å². The Morgan fingerprint density at radius 2 is 2.16 bits per heavy atom. The number of carbonyl (C=O) groups is 1. The van der Waals surface area contributed by atoms with Crippen molar-refractivity contribution < 1.29 is 9.53 Å². The molecule has 0 spiro atoms. The molecule has 5 heteroatoms. The number of nitrogens with one attached hydrogen (secondary N) is 1. The van der Waals surface area contributed by atoms with Crippen LogP contribution in [-0.2, 0) is 4.79 Å². The van der Waals surface area contributed by atoms with Crippen LogP contribution in [0.3, 0.4) is 0 Å². The Balaban J connectivity index is 2.46. The summed E-state index contributed by atoms with van der Waals surface area (Å²) < 4.78 is 5.19. The molecule has 0 aliphatic rings. The van der Waals surface area contributed by atoms with E-state index in [1.807, 2.05) is 43.1 Å². The molecule has 1 aromatic rings. The van der Waals surface area contributed by atoms with Crippen molar-refractivity contribution in [3.05, 3.63) is 24.3 Å². The predicted molar refractivity (Wildman–Crippen MR) is 77.4 cm³/mol. The Hall–Kier alpha value is -1.59. The van der Waals surface area contributed by atoms with Gasteiger partial charge in [0, 0.05) is 6.04 Å². The average molecular weight is 265 g/mol. The molecule has 0 saturated carbocycles. The number of ether oxygens (including phenoxy) is 1. The van der Waals surface area contributed by atoms with Gasteiger partial charge in [-0.15, -0.1) is 0 Å². The molecule has 1 rings (SSSR count). The third-order valence-corrected chi connectivity index (χ3v) is 2.76.